The number of nitrogens with zero attached hydrogens (tertiary/aromatic N) is 1. The molecule has 3 heteroatoms. The predicted molar refractivity (Wildman–Crippen MR) is 64.0 cm³/mol. The molecule has 90 valence electrons. The Labute approximate surface area is 93.9 Å². The van der Waals surface area contributed by atoms with Gasteiger partial charge in [-0.15, -0.1) is 0 Å². The number of aliphatic hydroxyl groups excluding tert-OH is 1. The molecule has 15 heavy (non-hydrogen) atoms. The molecule has 0 spiro atoms. The summed E-state index contributed by atoms with van der Waals surface area (Å²) in [5.41, 5.74) is 0. The van der Waals surface area contributed by atoms with E-state index >= 15 is 0 Å². The molecule has 0 amide bonds. The second-order valence-corrected chi connectivity index (χ2v) is 5.25. The minimum atomic E-state index is 0.268. The number of rotatable bonds is 5. The molecule has 3 nitrogen and oxygen atoms in total. The third-order valence-corrected chi connectivity index (χ3v) is 3.17. The first-order valence-corrected chi connectivity index (χ1v) is 6.17. The highest BCUT2D eigenvalue weighted by Gasteiger charge is 2.19. The maximum absolute atomic E-state index is 9.28. The molecule has 2 N–H and O–H groups in total. The van der Waals surface area contributed by atoms with Gasteiger partial charge in [-0.3, -0.25) is 0 Å². The maximum atomic E-state index is 9.28. The molecule has 0 aromatic heterocycles. The molecule has 1 aliphatic heterocycles. The van der Waals surface area contributed by atoms with Crippen LogP contribution in [0.2, 0.25) is 0 Å². The number of likely N-dealkylation sites (tertiary alicyclic amines) is 1. The quantitative estimate of drug-likeness (QED) is 0.719. The monoisotopic (exact) mass is 214 g/mol. The van der Waals surface area contributed by atoms with Crippen LogP contribution < -0.4 is 5.32 Å². The van der Waals surface area contributed by atoms with E-state index in [9.17, 15) is 5.11 Å². The Hall–Kier alpha value is -0.120. The van der Waals surface area contributed by atoms with E-state index in [4.69, 9.17) is 0 Å². The highest BCUT2D eigenvalue weighted by atomic mass is 16.3. The van der Waals surface area contributed by atoms with Gasteiger partial charge in [0.2, 0.25) is 0 Å². The van der Waals surface area contributed by atoms with Gasteiger partial charge in [-0.2, -0.15) is 0 Å². The van der Waals surface area contributed by atoms with Crippen LogP contribution in [0.4, 0.5) is 0 Å². The van der Waals surface area contributed by atoms with Crippen LogP contribution in [0.25, 0.3) is 0 Å². The summed E-state index contributed by atoms with van der Waals surface area (Å²) in [7, 11) is 2.17. The van der Waals surface area contributed by atoms with Crippen molar-refractivity contribution in [3.8, 4) is 0 Å². The second-order valence-electron chi connectivity index (χ2n) is 5.25. The highest BCUT2D eigenvalue weighted by Crippen LogP contribution is 2.11. The summed E-state index contributed by atoms with van der Waals surface area (Å²) < 4.78 is 0. The Morgan fingerprint density at radius 2 is 1.93 bits per heavy atom. The predicted octanol–water partition coefficient (Wildman–Crippen LogP) is 1.08. The van der Waals surface area contributed by atoms with Crippen LogP contribution in [0, 0.1) is 5.92 Å². The van der Waals surface area contributed by atoms with Gasteiger partial charge in [-0.05, 0) is 45.3 Å². The van der Waals surface area contributed by atoms with E-state index in [0.717, 1.165) is 6.42 Å². The topological polar surface area (TPSA) is 35.5 Å². The number of aliphatic hydroxyl groups is 1. The van der Waals surface area contributed by atoms with E-state index in [-0.39, 0.29) is 6.61 Å². The lowest BCUT2D eigenvalue weighted by atomic mass is 10.00. The second kappa shape index (κ2) is 6.46. The Kier molecular flexibility index (Phi) is 5.58. The van der Waals surface area contributed by atoms with Crippen molar-refractivity contribution in [2.45, 2.75) is 45.2 Å². The van der Waals surface area contributed by atoms with Crippen LogP contribution in [0.15, 0.2) is 0 Å². The molecule has 0 aromatic carbocycles. The Bertz CT molecular complexity index is 165. The zero-order valence-corrected chi connectivity index (χ0v) is 10.4. The van der Waals surface area contributed by atoms with Crippen molar-refractivity contribution in [1.82, 2.24) is 10.2 Å². The van der Waals surface area contributed by atoms with Gasteiger partial charge in [-0.1, -0.05) is 13.8 Å². The first-order valence-electron chi connectivity index (χ1n) is 6.17. The van der Waals surface area contributed by atoms with Crippen molar-refractivity contribution in [2.24, 2.45) is 5.92 Å². The SMILES string of the molecule is CC(C)CC(CO)NC1CCN(C)CC1. The number of hydrogen-bond acceptors (Lipinski definition) is 3. The molecule has 1 heterocycles. The lowest BCUT2D eigenvalue weighted by Crippen LogP contribution is -2.46. The van der Waals surface area contributed by atoms with Crippen molar-refractivity contribution in [3.05, 3.63) is 0 Å². The number of piperidine rings is 1. The average Bonchev–Trinajstić information content (AvgIpc) is 2.19. The van der Waals surface area contributed by atoms with Gasteiger partial charge in [0.1, 0.15) is 0 Å². The van der Waals surface area contributed by atoms with Gasteiger partial charge >= 0.3 is 0 Å². The van der Waals surface area contributed by atoms with E-state index in [0.29, 0.717) is 18.0 Å². The third kappa shape index (κ3) is 4.96. The summed E-state index contributed by atoms with van der Waals surface area (Å²) in [6, 6.07) is 0.899. The summed E-state index contributed by atoms with van der Waals surface area (Å²) in [5.74, 6) is 0.654. The third-order valence-electron chi connectivity index (χ3n) is 3.17. The molecule has 0 radical (unpaired) electrons. The minimum Gasteiger partial charge on any atom is -0.395 e. The summed E-state index contributed by atoms with van der Waals surface area (Å²) in [5, 5.41) is 12.9. The minimum absolute atomic E-state index is 0.268. The molecule has 0 aromatic rings. The van der Waals surface area contributed by atoms with Gasteiger partial charge in [0.15, 0.2) is 0 Å². The maximum Gasteiger partial charge on any atom is 0.0584 e. The summed E-state index contributed by atoms with van der Waals surface area (Å²) >= 11 is 0. The van der Waals surface area contributed by atoms with Crippen molar-refractivity contribution in [2.75, 3.05) is 26.7 Å². The molecular formula is C12H26N2O. The fourth-order valence-electron chi connectivity index (χ4n) is 2.27. The lowest BCUT2D eigenvalue weighted by Gasteiger charge is -2.32. The molecule has 1 fully saturated rings. The van der Waals surface area contributed by atoms with Crippen molar-refractivity contribution >= 4 is 0 Å². The van der Waals surface area contributed by atoms with Crippen LogP contribution >= 0.6 is 0 Å². The fraction of sp³-hybridized carbons (Fsp3) is 1.00. The van der Waals surface area contributed by atoms with Crippen molar-refractivity contribution < 1.29 is 5.11 Å². The van der Waals surface area contributed by atoms with Crippen LogP contribution in [-0.2, 0) is 0 Å². The van der Waals surface area contributed by atoms with Gasteiger partial charge in [0.25, 0.3) is 0 Å². The van der Waals surface area contributed by atoms with Crippen LogP contribution in [0.5, 0.6) is 0 Å². The van der Waals surface area contributed by atoms with E-state index in [1.54, 1.807) is 0 Å². The summed E-state index contributed by atoms with van der Waals surface area (Å²) in [4.78, 5) is 2.37. The standard InChI is InChI=1S/C12H26N2O/c1-10(2)8-12(9-15)13-11-4-6-14(3)7-5-11/h10-13,15H,4-9H2,1-3H3. The molecule has 0 saturated carbocycles. The molecule has 1 unspecified atom stereocenters. The van der Waals surface area contributed by atoms with Crippen molar-refractivity contribution in [3.63, 3.8) is 0 Å². The van der Waals surface area contributed by atoms with Crippen LogP contribution in [-0.4, -0.2) is 48.8 Å². The largest absolute Gasteiger partial charge is 0.395 e. The Morgan fingerprint density at radius 3 is 2.40 bits per heavy atom. The van der Waals surface area contributed by atoms with Gasteiger partial charge < -0.3 is 15.3 Å². The molecule has 1 atom stereocenters. The summed E-state index contributed by atoms with van der Waals surface area (Å²) in [6.07, 6.45) is 3.50. The number of nitrogens with one attached hydrogen (secondary N) is 1. The average molecular weight is 214 g/mol. The zero-order valence-electron chi connectivity index (χ0n) is 10.4. The van der Waals surface area contributed by atoms with Gasteiger partial charge in [0, 0.05) is 12.1 Å². The van der Waals surface area contributed by atoms with Crippen LogP contribution in [0.1, 0.15) is 33.1 Å². The number of hydrogen-bond donors (Lipinski definition) is 2. The first kappa shape index (κ1) is 12.9. The molecule has 1 aliphatic rings. The van der Waals surface area contributed by atoms with Gasteiger partial charge in [0.05, 0.1) is 6.61 Å². The van der Waals surface area contributed by atoms with Crippen molar-refractivity contribution in [1.29, 1.82) is 0 Å². The smallest absolute Gasteiger partial charge is 0.0584 e. The highest BCUT2D eigenvalue weighted by molar-refractivity contribution is 4.79. The van der Waals surface area contributed by atoms with Gasteiger partial charge in [-0.25, -0.2) is 0 Å². The molecular weight excluding hydrogens is 188 g/mol. The molecule has 1 rings (SSSR count). The molecule has 1 saturated heterocycles. The first-order chi connectivity index (χ1) is 7.11. The zero-order chi connectivity index (χ0) is 11.3. The van der Waals surface area contributed by atoms with E-state index < -0.39 is 0 Å². The Morgan fingerprint density at radius 1 is 1.33 bits per heavy atom. The molecule has 0 aliphatic carbocycles. The Balaban J connectivity index is 2.25. The van der Waals surface area contributed by atoms with E-state index in [1.165, 1.54) is 25.9 Å². The normalized spacial score (nSPS) is 22.2. The van der Waals surface area contributed by atoms with Crippen LogP contribution in [0.3, 0.4) is 0 Å². The lowest BCUT2D eigenvalue weighted by molar-refractivity contribution is 0.178. The molecule has 0 bridgehead atoms. The fourth-order valence-corrected chi connectivity index (χ4v) is 2.27. The van der Waals surface area contributed by atoms with E-state index in [2.05, 4.69) is 31.1 Å². The van der Waals surface area contributed by atoms with E-state index in [1.807, 2.05) is 0 Å². The summed E-state index contributed by atoms with van der Waals surface area (Å²) in [6.45, 7) is 7.04.